The van der Waals surface area contributed by atoms with E-state index in [0.29, 0.717) is 0 Å². The van der Waals surface area contributed by atoms with Crippen LogP contribution in [-0.2, 0) is 4.74 Å². The SMILES string of the molecule is CCCCCCCCCCCCCC(CCCC)OC(=O)O. The molecule has 0 rings (SSSR count). The van der Waals surface area contributed by atoms with E-state index in [4.69, 9.17) is 9.84 Å². The van der Waals surface area contributed by atoms with Crippen LogP contribution in [0.4, 0.5) is 4.79 Å². The smallest absolute Gasteiger partial charge is 0.450 e. The highest BCUT2D eigenvalue weighted by atomic mass is 16.7. The van der Waals surface area contributed by atoms with E-state index in [2.05, 4.69) is 13.8 Å². The van der Waals surface area contributed by atoms with Gasteiger partial charge in [0.1, 0.15) is 6.10 Å². The van der Waals surface area contributed by atoms with Gasteiger partial charge in [-0.2, -0.15) is 0 Å². The van der Waals surface area contributed by atoms with E-state index in [9.17, 15) is 4.79 Å². The molecular weight excluding hydrogens is 276 g/mol. The number of carboxylic acid groups (broad SMARTS) is 1. The molecule has 0 saturated carbocycles. The van der Waals surface area contributed by atoms with E-state index < -0.39 is 6.16 Å². The normalized spacial score (nSPS) is 12.3. The maximum atomic E-state index is 10.7. The Bertz CT molecular complexity index is 241. The summed E-state index contributed by atoms with van der Waals surface area (Å²) in [5, 5.41) is 8.74. The average Bonchev–Trinajstić information content (AvgIpc) is 2.49. The van der Waals surface area contributed by atoms with Gasteiger partial charge in [-0.05, 0) is 19.3 Å². The molecule has 0 aromatic heterocycles. The van der Waals surface area contributed by atoms with Crippen LogP contribution in [0.5, 0.6) is 0 Å². The van der Waals surface area contributed by atoms with Crippen molar-refractivity contribution in [1.29, 1.82) is 0 Å². The Hall–Kier alpha value is -0.730. The summed E-state index contributed by atoms with van der Waals surface area (Å²) < 4.78 is 4.96. The standard InChI is InChI=1S/C19H38O3/c1-3-5-7-8-9-10-11-12-13-14-15-17-18(16-6-4-2)22-19(20)21/h18H,3-17H2,1-2H3,(H,20,21). The highest BCUT2D eigenvalue weighted by molar-refractivity contribution is 5.57. The van der Waals surface area contributed by atoms with Crippen LogP contribution in [0.25, 0.3) is 0 Å². The molecule has 0 amide bonds. The van der Waals surface area contributed by atoms with E-state index in [-0.39, 0.29) is 6.10 Å². The lowest BCUT2D eigenvalue weighted by molar-refractivity contribution is 0.0424. The molecule has 0 aliphatic heterocycles. The molecule has 132 valence electrons. The second-order valence-corrected chi connectivity index (χ2v) is 6.47. The van der Waals surface area contributed by atoms with Gasteiger partial charge in [0.2, 0.25) is 0 Å². The van der Waals surface area contributed by atoms with Crippen molar-refractivity contribution in [3.05, 3.63) is 0 Å². The monoisotopic (exact) mass is 314 g/mol. The zero-order chi connectivity index (χ0) is 16.5. The Kier molecular flexibility index (Phi) is 16.1. The third kappa shape index (κ3) is 15.7. The van der Waals surface area contributed by atoms with Gasteiger partial charge in [0, 0.05) is 0 Å². The second-order valence-electron chi connectivity index (χ2n) is 6.47. The summed E-state index contributed by atoms with van der Waals surface area (Å²) >= 11 is 0. The Labute approximate surface area is 137 Å². The Morgan fingerprint density at radius 1 is 0.727 bits per heavy atom. The van der Waals surface area contributed by atoms with Gasteiger partial charge in [0.15, 0.2) is 0 Å². The third-order valence-corrected chi connectivity index (χ3v) is 4.28. The summed E-state index contributed by atoms with van der Waals surface area (Å²) in [7, 11) is 0. The summed E-state index contributed by atoms with van der Waals surface area (Å²) in [6, 6.07) is 0. The zero-order valence-corrected chi connectivity index (χ0v) is 14.9. The molecule has 0 aliphatic carbocycles. The maximum absolute atomic E-state index is 10.7. The summed E-state index contributed by atoms with van der Waals surface area (Å²) in [5.41, 5.74) is 0. The Morgan fingerprint density at radius 3 is 1.59 bits per heavy atom. The summed E-state index contributed by atoms with van der Waals surface area (Å²) in [4.78, 5) is 10.7. The molecule has 0 fully saturated rings. The van der Waals surface area contributed by atoms with Gasteiger partial charge in [0.05, 0.1) is 0 Å². The van der Waals surface area contributed by atoms with Gasteiger partial charge in [-0.15, -0.1) is 0 Å². The maximum Gasteiger partial charge on any atom is 0.506 e. The molecule has 0 spiro atoms. The fraction of sp³-hybridized carbons (Fsp3) is 0.947. The van der Waals surface area contributed by atoms with E-state index >= 15 is 0 Å². The van der Waals surface area contributed by atoms with Crippen molar-refractivity contribution in [2.45, 2.75) is 116 Å². The van der Waals surface area contributed by atoms with Crippen LogP contribution < -0.4 is 0 Å². The highest BCUT2D eigenvalue weighted by Gasteiger charge is 2.12. The minimum Gasteiger partial charge on any atom is -0.450 e. The first kappa shape index (κ1) is 21.3. The second kappa shape index (κ2) is 16.6. The summed E-state index contributed by atoms with van der Waals surface area (Å²) in [6.07, 6.45) is 17.3. The predicted molar refractivity (Wildman–Crippen MR) is 93.5 cm³/mol. The van der Waals surface area contributed by atoms with Crippen LogP contribution in [0.3, 0.4) is 0 Å². The van der Waals surface area contributed by atoms with Gasteiger partial charge in [-0.3, -0.25) is 0 Å². The van der Waals surface area contributed by atoms with Crippen molar-refractivity contribution in [2.24, 2.45) is 0 Å². The third-order valence-electron chi connectivity index (χ3n) is 4.28. The first-order chi connectivity index (χ1) is 10.7. The lowest BCUT2D eigenvalue weighted by atomic mass is 10.0. The molecule has 3 nitrogen and oxygen atoms in total. The molecule has 0 bridgehead atoms. The van der Waals surface area contributed by atoms with E-state index in [0.717, 1.165) is 32.1 Å². The van der Waals surface area contributed by atoms with E-state index in [1.165, 1.54) is 64.2 Å². The molecule has 0 saturated heterocycles. The van der Waals surface area contributed by atoms with Crippen LogP contribution in [0.2, 0.25) is 0 Å². The number of unbranched alkanes of at least 4 members (excludes halogenated alkanes) is 11. The van der Waals surface area contributed by atoms with E-state index in [1.807, 2.05) is 0 Å². The first-order valence-electron chi connectivity index (χ1n) is 9.60. The number of ether oxygens (including phenoxy) is 1. The minimum absolute atomic E-state index is 0.0870. The highest BCUT2D eigenvalue weighted by Crippen LogP contribution is 2.16. The molecule has 0 aliphatic rings. The molecule has 22 heavy (non-hydrogen) atoms. The fourth-order valence-electron chi connectivity index (χ4n) is 2.87. The Balaban J connectivity index is 3.39. The van der Waals surface area contributed by atoms with Gasteiger partial charge < -0.3 is 9.84 Å². The lowest BCUT2D eigenvalue weighted by Crippen LogP contribution is -2.16. The molecule has 1 unspecified atom stereocenters. The minimum atomic E-state index is -1.12. The molecular formula is C19H38O3. The van der Waals surface area contributed by atoms with Gasteiger partial charge >= 0.3 is 6.16 Å². The van der Waals surface area contributed by atoms with Crippen molar-refractivity contribution in [3.8, 4) is 0 Å². The van der Waals surface area contributed by atoms with Crippen molar-refractivity contribution in [1.82, 2.24) is 0 Å². The van der Waals surface area contributed by atoms with E-state index in [1.54, 1.807) is 0 Å². The van der Waals surface area contributed by atoms with Gasteiger partial charge in [0.25, 0.3) is 0 Å². The average molecular weight is 315 g/mol. The number of hydrogen-bond donors (Lipinski definition) is 1. The Morgan fingerprint density at radius 2 is 1.14 bits per heavy atom. The van der Waals surface area contributed by atoms with Crippen LogP contribution in [0.15, 0.2) is 0 Å². The van der Waals surface area contributed by atoms with Crippen LogP contribution in [-0.4, -0.2) is 17.4 Å². The molecule has 1 atom stereocenters. The topological polar surface area (TPSA) is 46.5 Å². The van der Waals surface area contributed by atoms with Crippen molar-refractivity contribution >= 4 is 6.16 Å². The summed E-state index contributed by atoms with van der Waals surface area (Å²) in [6.45, 7) is 4.38. The lowest BCUT2D eigenvalue weighted by Gasteiger charge is -2.15. The van der Waals surface area contributed by atoms with Crippen LogP contribution in [0.1, 0.15) is 110 Å². The van der Waals surface area contributed by atoms with Crippen molar-refractivity contribution in [2.75, 3.05) is 0 Å². The number of rotatable bonds is 16. The largest absolute Gasteiger partial charge is 0.506 e. The van der Waals surface area contributed by atoms with Crippen molar-refractivity contribution < 1.29 is 14.6 Å². The molecule has 1 N–H and O–H groups in total. The fourth-order valence-corrected chi connectivity index (χ4v) is 2.87. The summed E-state index contributed by atoms with van der Waals surface area (Å²) in [5.74, 6) is 0. The zero-order valence-electron chi connectivity index (χ0n) is 14.9. The van der Waals surface area contributed by atoms with Crippen LogP contribution >= 0.6 is 0 Å². The first-order valence-corrected chi connectivity index (χ1v) is 9.60. The molecule has 0 aromatic rings. The van der Waals surface area contributed by atoms with Gasteiger partial charge in [-0.1, -0.05) is 90.9 Å². The number of carbonyl (C=O) groups is 1. The van der Waals surface area contributed by atoms with Crippen molar-refractivity contribution in [3.63, 3.8) is 0 Å². The molecule has 0 heterocycles. The predicted octanol–water partition coefficient (Wildman–Crippen LogP) is 6.94. The molecule has 0 aromatic carbocycles. The molecule has 3 heteroatoms. The van der Waals surface area contributed by atoms with Gasteiger partial charge in [-0.25, -0.2) is 4.79 Å². The van der Waals surface area contributed by atoms with Crippen LogP contribution in [0, 0.1) is 0 Å². The molecule has 0 radical (unpaired) electrons. The number of hydrogen-bond acceptors (Lipinski definition) is 2. The quantitative estimate of drug-likeness (QED) is 0.248.